The third kappa shape index (κ3) is 4.96. The van der Waals surface area contributed by atoms with Crippen LogP contribution in [0.1, 0.15) is 24.5 Å². The van der Waals surface area contributed by atoms with Crippen LogP contribution in [0.3, 0.4) is 0 Å². The van der Waals surface area contributed by atoms with Crippen molar-refractivity contribution in [3.8, 4) is 5.75 Å². The van der Waals surface area contributed by atoms with Crippen LogP contribution in [-0.2, 0) is 26.8 Å². The van der Waals surface area contributed by atoms with Crippen LogP contribution in [0, 0.1) is 0 Å². The minimum absolute atomic E-state index is 0.0532. The van der Waals surface area contributed by atoms with E-state index in [4.69, 9.17) is 16.3 Å². The van der Waals surface area contributed by atoms with Gasteiger partial charge >= 0.3 is 6.03 Å². The fraction of sp³-hybridized carbons (Fsp3) is 0.320. The van der Waals surface area contributed by atoms with Gasteiger partial charge in [-0.15, -0.1) is 0 Å². The number of hydrogen-bond donors (Lipinski definition) is 2. The van der Waals surface area contributed by atoms with E-state index in [-0.39, 0.29) is 17.3 Å². The van der Waals surface area contributed by atoms with Gasteiger partial charge in [0.05, 0.1) is 18.2 Å². The van der Waals surface area contributed by atoms with Crippen molar-refractivity contribution in [1.82, 2.24) is 14.6 Å². The summed E-state index contributed by atoms with van der Waals surface area (Å²) in [4.78, 5) is 32.9. The van der Waals surface area contributed by atoms with Crippen LogP contribution in [-0.4, -0.2) is 57.0 Å². The van der Waals surface area contributed by atoms with Crippen molar-refractivity contribution in [2.45, 2.75) is 30.2 Å². The van der Waals surface area contributed by atoms with Gasteiger partial charge in [0.2, 0.25) is 15.9 Å². The fourth-order valence-corrected chi connectivity index (χ4v) is 6.90. The number of thiazole rings is 1. The van der Waals surface area contributed by atoms with Gasteiger partial charge in [-0.05, 0) is 36.2 Å². The summed E-state index contributed by atoms with van der Waals surface area (Å²) in [5, 5.41) is 3.13. The number of carbonyl (C=O) groups is 2. The number of para-hydroxylation sites is 1. The number of anilines is 2. The fourth-order valence-electron chi connectivity index (χ4n) is 5.06. The second-order valence-corrected chi connectivity index (χ2v) is 12.7. The van der Waals surface area contributed by atoms with Crippen molar-refractivity contribution in [2.75, 3.05) is 37.0 Å². The Morgan fingerprint density at radius 2 is 2.00 bits per heavy atom. The number of hydrogen-bond acceptors (Lipinski definition) is 7. The van der Waals surface area contributed by atoms with E-state index >= 15 is 0 Å². The number of urea groups is 1. The number of rotatable bonds is 6. The molecule has 1 saturated heterocycles. The highest BCUT2D eigenvalue weighted by molar-refractivity contribution is 7.89. The molecule has 1 fully saturated rings. The summed E-state index contributed by atoms with van der Waals surface area (Å²) in [5.74, 6) is 0.521. The number of amides is 3. The summed E-state index contributed by atoms with van der Waals surface area (Å²) in [7, 11) is -2.36. The molecule has 2 N–H and O–H groups in total. The number of sulfonamides is 1. The van der Waals surface area contributed by atoms with Crippen LogP contribution in [0.2, 0.25) is 4.34 Å². The molecule has 3 amide bonds. The molecule has 1 aromatic heterocycles. The SMILES string of the molecule is COc1ccccc1CNS(=O)(=O)c1ccc2c(c1)C1(CCN(C(C)=O)C1)CN2C(=O)Nc1ncc(Cl)s1. The monoisotopic (exact) mass is 575 g/mol. The third-order valence-electron chi connectivity index (χ3n) is 6.98. The molecule has 3 aromatic rings. The Bertz CT molecular complexity index is 1510. The number of carbonyl (C=O) groups excluding carboxylic acids is 2. The summed E-state index contributed by atoms with van der Waals surface area (Å²) in [6.45, 7) is 2.77. The topological polar surface area (TPSA) is 121 Å². The van der Waals surface area contributed by atoms with Gasteiger partial charge in [0, 0.05) is 49.8 Å². The van der Waals surface area contributed by atoms with Crippen LogP contribution >= 0.6 is 22.9 Å². The van der Waals surface area contributed by atoms with Crippen LogP contribution in [0.5, 0.6) is 5.75 Å². The zero-order chi connectivity index (χ0) is 27.1. The molecule has 200 valence electrons. The van der Waals surface area contributed by atoms with E-state index in [2.05, 4.69) is 15.0 Å². The number of fused-ring (bicyclic) bond motifs is 2. The van der Waals surface area contributed by atoms with Gasteiger partial charge in [0.25, 0.3) is 0 Å². The van der Waals surface area contributed by atoms with Crippen LogP contribution in [0.4, 0.5) is 15.6 Å². The second-order valence-electron chi connectivity index (χ2n) is 9.27. The molecule has 3 heterocycles. The maximum absolute atomic E-state index is 13.3. The molecular formula is C25H26ClN5O5S2. The van der Waals surface area contributed by atoms with E-state index in [1.54, 1.807) is 34.1 Å². The minimum atomic E-state index is -3.89. The van der Waals surface area contributed by atoms with E-state index < -0.39 is 21.5 Å². The molecule has 2 aliphatic rings. The van der Waals surface area contributed by atoms with Gasteiger partial charge < -0.3 is 9.64 Å². The molecular weight excluding hydrogens is 550 g/mol. The lowest BCUT2D eigenvalue weighted by molar-refractivity contribution is -0.127. The minimum Gasteiger partial charge on any atom is -0.496 e. The maximum Gasteiger partial charge on any atom is 0.328 e. The number of nitrogens with one attached hydrogen (secondary N) is 2. The maximum atomic E-state index is 13.3. The highest BCUT2D eigenvalue weighted by Gasteiger charge is 2.50. The van der Waals surface area contributed by atoms with E-state index in [1.807, 2.05) is 12.1 Å². The predicted molar refractivity (Wildman–Crippen MR) is 145 cm³/mol. The van der Waals surface area contributed by atoms with Crippen molar-refractivity contribution in [2.24, 2.45) is 0 Å². The number of likely N-dealkylation sites (tertiary alicyclic amines) is 1. The molecule has 1 spiro atoms. The van der Waals surface area contributed by atoms with Gasteiger partial charge in [0.1, 0.15) is 10.1 Å². The molecule has 2 aliphatic heterocycles. The number of ether oxygens (including phenoxy) is 1. The van der Waals surface area contributed by atoms with Crippen LogP contribution in [0.15, 0.2) is 53.6 Å². The molecule has 5 rings (SSSR count). The number of methoxy groups -OCH3 is 1. The van der Waals surface area contributed by atoms with Gasteiger partial charge in [0.15, 0.2) is 5.13 Å². The molecule has 13 heteroatoms. The quantitative estimate of drug-likeness (QED) is 0.461. The molecule has 2 aromatic carbocycles. The Morgan fingerprint density at radius 3 is 2.68 bits per heavy atom. The summed E-state index contributed by atoms with van der Waals surface area (Å²) >= 11 is 7.10. The lowest BCUT2D eigenvalue weighted by Crippen LogP contribution is -2.41. The lowest BCUT2D eigenvalue weighted by Gasteiger charge is -2.25. The summed E-state index contributed by atoms with van der Waals surface area (Å²) in [6, 6.07) is 11.5. The Balaban J connectivity index is 1.46. The van der Waals surface area contributed by atoms with Gasteiger partial charge in [-0.25, -0.2) is 22.9 Å². The van der Waals surface area contributed by atoms with Gasteiger partial charge in [-0.3, -0.25) is 15.0 Å². The molecule has 1 unspecified atom stereocenters. The van der Waals surface area contributed by atoms with Crippen molar-refractivity contribution in [3.63, 3.8) is 0 Å². The first-order valence-corrected chi connectivity index (χ1v) is 14.5. The molecule has 0 radical (unpaired) electrons. The predicted octanol–water partition coefficient (Wildman–Crippen LogP) is 3.83. The Hall–Kier alpha value is -3.19. The molecule has 10 nitrogen and oxygen atoms in total. The highest BCUT2D eigenvalue weighted by Crippen LogP contribution is 2.47. The number of aromatic nitrogens is 1. The van der Waals surface area contributed by atoms with Crippen LogP contribution < -0.4 is 19.7 Å². The Kier molecular flexibility index (Phi) is 7.07. The zero-order valence-corrected chi connectivity index (χ0v) is 23.1. The largest absolute Gasteiger partial charge is 0.496 e. The summed E-state index contributed by atoms with van der Waals surface area (Å²) < 4.78 is 35.0. The van der Waals surface area contributed by atoms with Gasteiger partial charge in [-0.1, -0.05) is 41.1 Å². The first-order valence-electron chi connectivity index (χ1n) is 11.8. The van der Waals surface area contributed by atoms with Gasteiger partial charge in [-0.2, -0.15) is 0 Å². The standard InChI is InChI=1S/C25H26ClN5O5S2/c1-16(32)30-10-9-25(14-30)15-31(24(33)29-23-27-13-22(26)37-23)20-8-7-18(11-19(20)25)38(34,35)28-12-17-5-3-4-6-21(17)36-2/h3-8,11,13,28H,9-10,12,14-15H2,1-2H3,(H,27,29,33). The average molecular weight is 576 g/mol. The number of nitrogens with zero attached hydrogens (tertiary/aromatic N) is 3. The molecule has 0 aliphatic carbocycles. The molecule has 0 saturated carbocycles. The second kappa shape index (κ2) is 10.2. The van der Waals surface area contributed by atoms with Crippen LogP contribution in [0.25, 0.3) is 0 Å². The van der Waals surface area contributed by atoms with E-state index in [0.29, 0.717) is 58.1 Å². The van der Waals surface area contributed by atoms with E-state index in [0.717, 1.165) is 11.3 Å². The van der Waals surface area contributed by atoms with Crippen molar-refractivity contribution in [3.05, 3.63) is 64.1 Å². The lowest BCUT2D eigenvalue weighted by atomic mass is 9.81. The van der Waals surface area contributed by atoms with Crippen molar-refractivity contribution < 1.29 is 22.7 Å². The van der Waals surface area contributed by atoms with E-state index in [1.165, 1.54) is 26.3 Å². The summed E-state index contributed by atoms with van der Waals surface area (Å²) in [6.07, 6.45) is 2.06. The van der Waals surface area contributed by atoms with Crippen molar-refractivity contribution >= 4 is 55.7 Å². The molecule has 1 atom stereocenters. The Morgan fingerprint density at radius 1 is 1.21 bits per heavy atom. The normalized spacial score (nSPS) is 18.6. The smallest absolute Gasteiger partial charge is 0.328 e. The number of benzene rings is 2. The van der Waals surface area contributed by atoms with Crippen molar-refractivity contribution in [1.29, 1.82) is 0 Å². The van der Waals surface area contributed by atoms with E-state index in [9.17, 15) is 18.0 Å². The Labute approximate surface area is 229 Å². The third-order valence-corrected chi connectivity index (χ3v) is 9.41. The molecule has 0 bridgehead atoms. The zero-order valence-electron chi connectivity index (χ0n) is 20.7. The first-order chi connectivity index (χ1) is 18.1. The average Bonchev–Trinajstić information content (AvgIpc) is 3.61. The first kappa shape index (κ1) is 26.4. The summed E-state index contributed by atoms with van der Waals surface area (Å²) in [5.41, 5.74) is 1.43. The molecule has 38 heavy (non-hydrogen) atoms. The highest BCUT2D eigenvalue weighted by atomic mass is 35.5. The number of halogens is 1.